The van der Waals surface area contributed by atoms with E-state index in [1.54, 1.807) is 30.4 Å². The van der Waals surface area contributed by atoms with Crippen LogP contribution in [-0.4, -0.2) is 85.4 Å². The lowest BCUT2D eigenvalue weighted by Crippen LogP contribution is -2.46. The molecule has 2 aliphatic rings. The van der Waals surface area contributed by atoms with Gasteiger partial charge in [-0.15, -0.1) is 11.3 Å². The van der Waals surface area contributed by atoms with Gasteiger partial charge in [0.2, 0.25) is 0 Å². The van der Waals surface area contributed by atoms with Crippen molar-refractivity contribution in [1.82, 2.24) is 14.8 Å². The Labute approximate surface area is 219 Å². The standard InChI is InChI=1S/C27H30N4O5S/c1-34-21-8-6-20(7-9-21)22-18-23(24-4-2-14-36-24)31(28-22)26(32)19-30(27(33)25-5-3-17-37-25)11-10-29-12-15-35-16-13-29/h2-9,14,17,23H,10-13,15-16,18-19H2,1H3/t23-/m1/s1. The van der Waals surface area contributed by atoms with E-state index >= 15 is 0 Å². The van der Waals surface area contributed by atoms with Crippen LogP contribution in [0.15, 0.2) is 69.7 Å². The van der Waals surface area contributed by atoms with Crippen molar-refractivity contribution in [2.24, 2.45) is 5.10 Å². The molecule has 4 heterocycles. The molecule has 37 heavy (non-hydrogen) atoms. The van der Waals surface area contributed by atoms with Crippen LogP contribution < -0.4 is 4.74 Å². The monoisotopic (exact) mass is 522 g/mol. The maximum atomic E-state index is 13.7. The van der Waals surface area contributed by atoms with Gasteiger partial charge in [-0.3, -0.25) is 14.5 Å². The molecule has 2 aliphatic heterocycles. The number of rotatable bonds is 9. The summed E-state index contributed by atoms with van der Waals surface area (Å²) in [6.45, 7) is 4.04. The van der Waals surface area contributed by atoms with Crippen molar-refractivity contribution in [3.8, 4) is 5.75 Å². The van der Waals surface area contributed by atoms with Crippen molar-refractivity contribution in [1.29, 1.82) is 0 Å². The number of morpholine rings is 1. The maximum absolute atomic E-state index is 13.7. The van der Waals surface area contributed by atoms with Gasteiger partial charge < -0.3 is 18.8 Å². The van der Waals surface area contributed by atoms with Crippen LogP contribution in [-0.2, 0) is 9.53 Å². The number of amides is 2. The van der Waals surface area contributed by atoms with Crippen LogP contribution in [0, 0.1) is 0 Å². The number of hydrazone groups is 1. The Morgan fingerprint density at radius 3 is 2.62 bits per heavy atom. The fourth-order valence-corrected chi connectivity index (χ4v) is 5.22. The molecule has 10 heteroatoms. The largest absolute Gasteiger partial charge is 0.497 e. The van der Waals surface area contributed by atoms with Crippen molar-refractivity contribution in [2.75, 3.05) is 53.0 Å². The summed E-state index contributed by atoms with van der Waals surface area (Å²) in [5, 5.41) is 8.06. The molecule has 0 aliphatic carbocycles. The molecule has 3 aromatic rings. The summed E-state index contributed by atoms with van der Waals surface area (Å²) in [5.74, 6) is 1.01. The van der Waals surface area contributed by atoms with Crippen LogP contribution in [0.5, 0.6) is 5.75 Å². The summed E-state index contributed by atoms with van der Waals surface area (Å²) >= 11 is 1.38. The summed E-state index contributed by atoms with van der Waals surface area (Å²) in [5.41, 5.74) is 1.69. The molecule has 194 valence electrons. The Morgan fingerprint density at radius 1 is 1.14 bits per heavy atom. The molecular weight excluding hydrogens is 492 g/mol. The highest BCUT2D eigenvalue weighted by Crippen LogP contribution is 2.33. The van der Waals surface area contributed by atoms with Gasteiger partial charge in [0.25, 0.3) is 11.8 Å². The number of methoxy groups -OCH3 is 1. The molecule has 5 rings (SSSR count). The van der Waals surface area contributed by atoms with Crippen LogP contribution in [0.3, 0.4) is 0 Å². The molecule has 0 N–H and O–H groups in total. The van der Waals surface area contributed by atoms with Crippen LogP contribution in [0.4, 0.5) is 0 Å². The van der Waals surface area contributed by atoms with E-state index in [9.17, 15) is 9.59 Å². The van der Waals surface area contributed by atoms with E-state index in [1.165, 1.54) is 16.3 Å². The zero-order valence-corrected chi connectivity index (χ0v) is 21.6. The SMILES string of the molecule is COc1ccc(C2=NN(C(=O)CN(CCN3CCOCC3)C(=O)c3cccs3)[C@@H](c3ccco3)C2)cc1. The van der Waals surface area contributed by atoms with Crippen LogP contribution >= 0.6 is 11.3 Å². The summed E-state index contributed by atoms with van der Waals surface area (Å²) in [7, 11) is 1.62. The van der Waals surface area contributed by atoms with E-state index in [0.717, 1.165) is 30.1 Å². The summed E-state index contributed by atoms with van der Waals surface area (Å²) in [6, 6.07) is 14.5. The highest BCUT2D eigenvalue weighted by molar-refractivity contribution is 7.12. The molecule has 2 amide bonds. The highest BCUT2D eigenvalue weighted by Gasteiger charge is 2.36. The Balaban J connectivity index is 1.36. The fourth-order valence-electron chi connectivity index (χ4n) is 4.53. The molecule has 2 aromatic heterocycles. The number of furan rings is 1. The molecule has 1 aromatic carbocycles. The number of hydrogen-bond acceptors (Lipinski definition) is 8. The molecule has 0 radical (unpaired) electrons. The van der Waals surface area contributed by atoms with Crippen molar-refractivity contribution < 1.29 is 23.5 Å². The number of carbonyl (C=O) groups excluding carboxylic acids is 2. The van der Waals surface area contributed by atoms with Crippen LogP contribution in [0.2, 0.25) is 0 Å². The predicted molar refractivity (Wildman–Crippen MR) is 140 cm³/mol. The van der Waals surface area contributed by atoms with Crippen molar-refractivity contribution >= 4 is 28.9 Å². The second kappa shape index (κ2) is 11.7. The second-order valence-electron chi connectivity index (χ2n) is 8.91. The van der Waals surface area contributed by atoms with Gasteiger partial charge in [-0.2, -0.15) is 5.10 Å². The first-order valence-electron chi connectivity index (χ1n) is 12.3. The first-order valence-corrected chi connectivity index (χ1v) is 13.2. The van der Waals surface area contributed by atoms with Gasteiger partial charge in [-0.1, -0.05) is 6.07 Å². The predicted octanol–water partition coefficient (Wildman–Crippen LogP) is 3.50. The Morgan fingerprint density at radius 2 is 1.95 bits per heavy atom. The number of carbonyl (C=O) groups is 2. The lowest BCUT2D eigenvalue weighted by Gasteiger charge is -2.30. The van der Waals surface area contributed by atoms with Crippen LogP contribution in [0.1, 0.15) is 33.5 Å². The molecule has 0 bridgehead atoms. The van der Waals surface area contributed by atoms with E-state index in [1.807, 2.05) is 41.8 Å². The quantitative estimate of drug-likeness (QED) is 0.428. The second-order valence-corrected chi connectivity index (χ2v) is 9.85. The molecule has 1 atom stereocenters. The molecule has 0 saturated carbocycles. The smallest absolute Gasteiger partial charge is 0.264 e. The van der Waals surface area contributed by atoms with E-state index in [4.69, 9.17) is 19.0 Å². The minimum Gasteiger partial charge on any atom is -0.497 e. The van der Waals surface area contributed by atoms with Gasteiger partial charge in [0.1, 0.15) is 24.1 Å². The Hall–Kier alpha value is -3.47. The fraction of sp³-hybridized carbons (Fsp3) is 0.370. The molecule has 9 nitrogen and oxygen atoms in total. The van der Waals surface area contributed by atoms with E-state index in [0.29, 0.717) is 43.4 Å². The Kier molecular flexibility index (Phi) is 7.98. The van der Waals surface area contributed by atoms with Gasteiger partial charge in [-0.05, 0) is 53.4 Å². The summed E-state index contributed by atoms with van der Waals surface area (Å²) < 4.78 is 16.4. The zero-order valence-electron chi connectivity index (χ0n) is 20.7. The van der Waals surface area contributed by atoms with E-state index in [2.05, 4.69) is 4.90 Å². The minimum atomic E-state index is -0.377. The highest BCUT2D eigenvalue weighted by atomic mass is 32.1. The number of thiophene rings is 1. The third-order valence-electron chi connectivity index (χ3n) is 6.60. The number of nitrogens with zero attached hydrogens (tertiary/aromatic N) is 4. The first-order chi connectivity index (χ1) is 18.1. The summed E-state index contributed by atoms with van der Waals surface area (Å²) in [4.78, 5) is 31.5. The first kappa shape index (κ1) is 25.2. The van der Waals surface area contributed by atoms with Crippen molar-refractivity contribution in [2.45, 2.75) is 12.5 Å². The normalized spacial score (nSPS) is 18.0. The lowest BCUT2D eigenvalue weighted by molar-refractivity contribution is -0.134. The lowest BCUT2D eigenvalue weighted by atomic mass is 10.0. The van der Waals surface area contributed by atoms with E-state index < -0.39 is 0 Å². The number of ether oxygens (including phenoxy) is 2. The topological polar surface area (TPSA) is 87.8 Å². The van der Waals surface area contributed by atoms with Gasteiger partial charge in [0.05, 0.1) is 37.2 Å². The minimum absolute atomic E-state index is 0.0718. The number of hydrogen-bond donors (Lipinski definition) is 0. The molecule has 1 saturated heterocycles. The molecule has 0 spiro atoms. The molecule has 0 unspecified atom stereocenters. The third kappa shape index (κ3) is 5.93. The molecular formula is C27H30N4O5S. The Bertz CT molecular complexity index is 1200. The summed E-state index contributed by atoms with van der Waals surface area (Å²) in [6.07, 6.45) is 2.11. The third-order valence-corrected chi connectivity index (χ3v) is 7.45. The van der Waals surface area contributed by atoms with Gasteiger partial charge in [0, 0.05) is 32.6 Å². The number of benzene rings is 1. The van der Waals surface area contributed by atoms with Gasteiger partial charge >= 0.3 is 0 Å². The van der Waals surface area contributed by atoms with Gasteiger partial charge in [0.15, 0.2) is 0 Å². The molecule has 1 fully saturated rings. The van der Waals surface area contributed by atoms with Crippen molar-refractivity contribution in [3.05, 3.63) is 76.4 Å². The van der Waals surface area contributed by atoms with Gasteiger partial charge in [-0.25, -0.2) is 5.01 Å². The maximum Gasteiger partial charge on any atom is 0.264 e. The average molecular weight is 523 g/mol. The van der Waals surface area contributed by atoms with Crippen LogP contribution in [0.25, 0.3) is 0 Å². The van der Waals surface area contributed by atoms with E-state index in [-0.39, 0.29) is 24.4 Å². The van der Waals surface area contributed by atoms with Crippen molar-refractivity contribution in [3.63, 3.8) is 0 Å². The average Bonchev–Trinajstić information content (AvgIpc) is 3.73. The zero-order chi connectivity index (χ0) is 25.6.